The molecule has 0 unspecified atom stereocenters. The third-order valence-electron chi connectivity index (χ3n) is 5.32. The van der Waals surface area contributed by atoms with Gasteiger partial charge in [0, 0.05) is 19.6 Å². The Morgan fingerprint density at radius 2 is 1.91 bits per heavy atom. The highest BCUT2D eigenvalue weighted by molar-refractivity contribution is 6.74. The first kappa shape index (κ1) is 18.4. The molecular formula is C16H34N2O3Si. The number of likely N-dealkylation sites (tertiary alicyclic amines) is 1. The fraction of sp³-hybridized carbons (Fsp3) is 1.00. The number of rotatable bonds is 5. The zero-order valence-corrected chi connectivity index (χ0v) is 16.3. The number of nitrogens with zero attached hydrogens (tertiary/aromatic N) is 1. The molecule has 6 heteroatoms. The molecule has 2 N–H and O–H groups in total. The summed E-state index contributed by atoms with van der Waals surface area (Å²) in [6.07, 6.45) is 0.223. The highest BCUT2D eigenvalue weighted by atomic mass is 28.4. The Bertz CT molecular complexity index is 395. The number of hydrogen-bond donors (Lipinski definition) is 1. The number of fused-ring (bicyclic) bond motifs is 1. The monoisotopic (exact) mass is 330 g/mol. The average molecular weight is 331 g/mol. The van der Waals surface area contributed by atoms with Gasteiger partial charge < -0.3 is 19.6 Å². The van der Waals surface area contributed by atoms with Gasteiger partial charge in [0.2, 0.25) is 0 Å². The average Bonchev–Trinajstić information content (AvgIpc) is 2.77. The standard InChI is InChI=1S/C16H34N2O3Si/c1-15(2,3)22(6,7)19-11-12-14-13(10-18(12)9-8-17)20-16(4,5)21-14/h12-14H,8-11,17H2,1-7H3/t12-,13+,14-/m1/s1. The molecule has 0 aromatic carbocycles. The van der Waals surface area contributed by atoms with Crippen LogP contribution < -0.4 is 5.73 Å². The zero-order chi connectivity index (χ0) is 16.8. The SMILES string of the molecule is CC1(C)O[C@H]2[C@H](CN(CCN)[C@@H]2CO[Si](C)(C)C(C)(C)C)O1. The van der Waals surface area contributed by atoms with Gasteiger partial charge in [-0.3, -0.25) is 4.90 Å². The first-order valence-electron chi connectivity index (χ1n) is 8.40. The number of nitrogens with two attached hydrogens (primary N) is 1. The van der Waals surface area contributed by atoms with Crippen LogP contribution in [0.4, 0.5) is 0 Å². The van der Waals surface area contributed by atoms with Gasteiger partial charge in [0.15, 0.2) is 14.1 Å². The molecule has 0 saturated carbocycles. The van der Waals surface area contributed by atoms with Crippen LogP contribution in [0.1, 0.15) is 34.6 Å². The summed E-state index contributed by atoms with van der Waals surface area (Å²) in [5.41, 5.74) is 5.77. The molecule has 2 aliphatic rings. The summed E-state index contributed by atoms with van der Waals surface area (Å²) in [6.45, 7) is 18.5. The summed E-state index contributed by atoms with van der Waals surface area (Å²) < 4.78 is 18.6. The summed E-state index contributed by atoms with van der Waals surface area (Å²) in [7, 11) is -1.76. The van der Waals surface area contributed by atoms with E-state index in [2.05, 4.69) is 38.8 Å². The van der Waals surface area contributed by atoms with Crippen LogP contribution in [-0.4, -0.2) is 63.5 Å². The van der Waals surface area contributed by atoms with E-state index < -0.39 is 14.1 Å². The van der Waals surface area contributed by atoms with Gasteiger partial charge in [0.1, 0.15) is 12.2 Å². The summed E-state index contributed by atoms with van der Waals surface area (Å²) in [5, 5.41) is 0.218. The summed E-state index contributed by atoms with van der Waals surface area (Å²) in [6, 6.07) is 0.240. The molecule has 130 valence electrons. The van der Waals surface area contributed by atoms with E-state index in [1.807, 2.05) is 13.8 Å². The van der Waals surface area contributed by atoms with Crippen molar-refractivity contribution in [1.82, 2.24) is 4.90 Å². The predicted octanol–water partition coefficient (Wildman–Crippen LogP) is 2.17. The smallest absolute Gasteiger partial charge is 0.192 e. The topological polar surface area (TPSA) is 57.0 Å². The predicted molar refractivity (Wildman–Crippen MR) is 91.4 cm³/mol. The van der Waals surface area contributed by atoms with E-state index in [1.54, 1.807) is 0 Å². The zero-order valence-electron chi connectivity index (χ0n) is 15.3. The first-order valence-corrected chi connectivity index (χ1v) is 11.3. The maximum absolute atomic E-state index is 6.45. The molecule has 0 radical (unpaired) electrons. The van der Waals surface area contributed by atoms with Crippen LogP contribution in [0.5, 0.6) is 0 Å². The van der Waals surface area contributed by atoms with E-state index in [1.165, 1.54) is 0 Å². The molecule has 2 rings (SSSR count). The second-order valence-corrected chi connectivity index (χ2v) is 13.4. The molecule has 2 saturated heterocycles. The highest BCUT2D eigenvalue weighted by Crippen LogP contribution is 2.39. The van der Waals surface area contributed by atoms with Gasteiger partial charge in [-0.05, 0) is 32.0 Å². The van der Waals surface area contributed by atoms with Crippen molar-refractivity contribution in [2.45, 2.75) is 76.8 Å². The van der Waals surface area contributed by atoms with Crippen molar-refractivity contribution >= 4 is 8.32 Å². The molecule has 22 heavy (non-hydrogen) atoms. The quantitative estimate of drug-likeness (QED) is 0.783. The van der Waals surface area contributed by atoms with Crippen LogP contribution in [0.15, 0.2) is 0 Å². The van der Waals surface area contributed by atoms with Crippen LogP contribution in [-0.2, 0) is 13.9 Å². The van der Waals surface area contributed by atoms with Crippen LogP contribution in [0.3, 0.4) is 0 Å². The van der Waals surface area contributed by atoms with E-state index >= 15 is 0 Å². The fourth-order valence-corrected chi connectivity index (χ4v) is 4.06. The molecule has 0 amide bonds. The maximum atomic E-state index is 6.45. The molecule has 0 bridgehead atoms. The van der Waals surface area contributed by atoms with Gasteiger partial charge >= 0.3 is 0 Å². The van der Waals surface area contributed by atoms with E-state index in [4.69, 9.17) is 19.6 Å². The Kier molecular flexibility index (Phi) is 5.13. The third kappa shape index (κ3) is 3.74. The largest absolute Gasteiger partial charge is 0.415 e. The molecule has 2 fully saturated rings. The minimum Gasteiger partial charge on any atom is -0.415 e. The second-order valence-electron chi connectivity index (χ2n) is 8.56. The molecule has 2 aliphatic heterocycles. The molecule has 2 heterocycles. The number of hydrogen-bond acceptors (Lipinski definition) is 5. The Labute approximate surface area is 136 Å². The fourth-order valence-electron chi connectivity index (χ4n) is 3.04. The van der Waals surface area contributed by atoms with Crippen molar-refractivity contribution in [1.29, 1.82) is 0 Å². The highest BCUT2D eigenvalue weighted by Gasteiger charge is 2.52. The van der Waals surface area contributed by atoms with Crippen molar-refractivity contribution in [2.75, 3.05) is 26.2 Å². The second kappa shape index (κ2) is 6.15. The lowest BCUT2D eigenvalue weighted by molar-refractivity contribution is -0.162. The Morgan fingerprint density at radius 1 is 1.27 bits per heavy atom. The molecule has 0 spiro atoms. The van der Waals surface area contributed by atoms with Crippen molar-refractivity contribution in [3.8, 4) is 0 Å². The van der Waals surface area contributed by atoms with Crippen LogP contribution in [0.25, 0.3) is 0 Å². The number of ether oxygens (including phenoxy) is 2. The van der Waals surface area contributed by atoms with Gasteiger partial charge in [-0.25, -0.2) is 0 Å². The molecule has 0 aromatic rings. The van der Waals surface area contributed by atoms with E-state index in [0.717, 1.165) is 13.1 Å². The van der Waals surface area contributed by atoms with Gasteiger partial charge in [0.05, 0.1) is 12.6 Å². The van der Waals surface area contributed by atoms with Gasteiger partial charge in [-0.15, -0.1) is 0 Å². The van der Waals surface area contributed by atoms with Crippen LogP contribution in [0.2, 0.25) is 18.1 Å². The molecular weight excluding hydrogens is 296 g/mol. The minimum atomic E-state index is -1.76. The lowest BCUT2D eigenvalue weighted by Gasteiger charge is -2.38. The Hall–Kier alpha value is 0.0169. The normalized spacial score (nSPS) is 32.5. The molecule has 5 nitrogen and oxygen atoms in total. The Balaban J connectivity index is 2.05. The van der Waals surface area contributed by atoms with E-state index in [0.29, 0.717) is 13.2 Å². The van der Waals surface area contributed by atoms with Crippen LogP contribution >= 0.6 is 0 Å². The van der Waals surface area contributed by atoms with Crippen LogP contribution in [0, 0.1) is 0 Å². The summed E-state index contributed by atoms with van der Waals surface area (Å²) >= 11 is 0. The van der Waals surface area contributed by atoms with Crippen molar-refractivity contribution in [3.05, 3.63) is 0 Å². The van der Waals surface area contributed by atoms with Gasteiger partial charge in [-0.2, -0.15) is 0 Å². The lowest BCUT2D eigenvalue weighted by Crippen LogP contribution is -2.48. The lowest BCUT2D eigenvalue weighted by atomic mass is 10.1. The molecule has 3 atom stereocenters. The van der Waals surface area contributed by atoms with Crippen molar-refractivity contribution < 1.29 is 13.9 Å². The van der Waals surface area contributed by atoms with E-state index in [-0.39, 0.29) is 23.3 Å². The maximum Gasteiger partial charge on any atom is 0.192 e. The van der Waals surface area contributed by atoms with Gasteiger partial charge in [-0.1, -0.05) is 20.8 Å². The first-order chi connectivity index (χ1) is 9.97. The molecule has 0 aromatic heterocycles. The van der Waals surface area contributed by atoms with Gasteiger partial charge in [0.25, 0.3) is 0 Å². The molecule has 0 aliphatic carbocycles. The summed E-state index contributed by atoms with van der Waals surface area (Å²) in [4.78, 5) is 2.37. The van der Waals surface area contributed by atoms with Crippen molar-refractivity contribution in [3.63, 3.8) is 0 Å². The minimum absolute atomic E-state index is 0.0892. The third-order valence-corrected chi connectivity index (χ3v) is 9.82. The van der Waals surface area contributed by atoms with E-state index in [9.17, 15) is 0 Å². The Morgan fingerprint density at radius 3 is 2.45 bits per heavy atom. The summed E-state index contributed by atoms with van der Waals surface area (Å²) in [5.74, 6) is -0.487. The van der Waals surface area contributed by atoms with Crippen molar-refractivity contribution in [2.24, 2.45) is 5.73 Å².